The standard InChI is InChI=1S/C24H16Cl4N4O3/c1-12-15(26)4-2-6-17(12)29-22(33)20-11-13-10-14(25)8-9-19(13)32(20)31-24(35)23(34)30-18-7-3-5-16(27)21(18)28/h2-11H,1H3,(H,29,33)(H,30,34)(H,31,35). The minimum atomic E-state index is -1.04. The summed E-state index contributed by atoms with van der Waals surface area (Å²) in [5.74, 6) is -2.59. The highest BCUT2D eigenvalue weighted by Gasteiger charge is 2.22. The zero-order valence-corrected chi connectivity index (χ0v) is 21.0. The molecule has 0 unspecified atom stereocenters. The van der Waals surface area contributed by atoms with Gasteiger partial charge in [-0.3, -0.25) is 19.8 Å². The summed E-state index contributed by atoms with van der Waals surface area (Å²) in [5.41, 5.74) is 4.30. The number of hydrogen-bond donors (Lipinski definition) is 3. The molecule has 4 rings (SSSR count). The number of carbonyl (C=O) groups excluding carboxylic acids is 3. The van der Waals surface area contributed by atoms with Crippen molar-refractivity contribution in [3.8, 4) is 0 Å². The van der Waals surface area contributed by atoms with Crippen LogP contribution in [0.25, 0.3) is 10.9 Å². The number of aromatic nitrogens is 1. The summed E-state index contributed by atoms with van der Waals surface area (Å²) in [7, 11) is 0. The van der Waals surface area contributed by atoms with E-state index in [1.165, 1.54) is 10.7 Å². The van der Waals surface area contributed by atoms with Crippen molar-refractivity contribution in [2.24, 2.45) is 0 Å². The van der Waals surface area contributed by atoms with Gasteiger partial charge in [0, 0.05) is 21.1 Å². The predicted molar refractivity (Wildman–Crippen MR) is 141 cm³/mol. The zero-order chi connectivity index (χ0) is 25.3. The summed E-state index contributed by atoms with van der Waals surface area (Å²) in [6.45, 7) is 1.76. The quantitative estimate of drug-likeness (QED) is 0.253. The molecule has 3 N–H and O–H groups in total. The molecule has 11 heteroatoms. The Balaban J connectivity index is 1.65. The van der Waals surface area contributed by atoms with E-state index in [9.17, 15) is 14.4 Å². The molecule has 0 bridgehead atoms. The molecule has 0 aliphatic heterocycles. The van der Waals surface area contributed by atoms with Crippen molar-refractivity contribution in [2.45, 2.75) is 6.92 Å². The Hall–Kier alpha value is -3.23. The van der Waals surface area contributed by atoms with E-state index in [-0.39, 0.29) is 21.4 Å². The third kappa shape index (κ3) is 5.23. The van der Waals surface area contributed by atoms with E-state index in [0.717, 1.165) is 0 Å². The Labute approximate surface area is 219 Å². The van der Waals surface area contributed by atoms with Crippen LogP contribution >= 0.6 is 46.4 Å². The molecule has 3 amide bonds. The lowest BCUT2D eigenvalue weighted by Crippen LogP contribution is -2.36. The molecular weight excluding hydrogens is 534 g/mol. The van der Waals surface area contributed by atoms with Crippen molar-refractivity contribution in [1.29, 1.82) is 0 Å². The van der Waals surface area contributed by atoms with E-state index < -0.39 is 17.7 Å². The molecule has 0 spiro atoms. The molecule has 0 radical (unpaired) electrons. The first-order valence-electron chi connectivity index (χ1n) is 10.1. The fourth-order valence-corrected chi connectivity index (χ4v) is 4.04. The van der Waals surface area contributed by atoms with Crippen LogP contribution in [0, 0.1) is 6.92 Å². The second-order valence-electron chi connectivity index (χ2n) is 7.43. The third-order valence-corrected chi connectivity index (χ3v) is 6.59. The predicted octanol–water partition coefficient (Wildman–Crippen LogP) is 6.52. The first-order valence-corrected chi connectivity index (χ1v) is 11.6. The molecule has 0 fully saturated rings. The first-order chi connectivity index (χ1) is 16.7. The van der Waals surface area contributed by atoms with Crippen LogP contribution in [0.3, 0.4) is 0 Å². The fourth-order valence-electron chi connectivity index (χ4n) is 3.33. The van der Waals surface area contributed by atoms with Gasteiger partial charge in [0.25, 0.3) is 5.91 Å². The summed E-state index contributed by atoms with van der Waals surface area (Å²) in [6.07, 6.45) is 0. The fraction of sp³-hybridized carbons (Fsp3) is 0.0417. The molecule has 0 aliphatic carbocycles. The number of nitrogens with one attached hydrogen (secondary N) is 3. The lowest BCUT2D eigenvalue weighted by molar-refractivity contribution is -0.133. The van der Waals surface area contributed by atoms with Crippen molar-refractivity contribution >= 4 is 86.4 Å². The van der Waals surface area contributed by atoms with Crippen LogP contribution in [-0.4, -0.2) is 22.4 Å². The molecule has 4 aromatic rings. The number of halogens is 4. The largest absolute Gasteiger partial charge is 0.328 e. The van der Waals surface area contributed by atoms with E-state index in [0.29, 0.717) is 32.2 Å². The molecule has 0 saturated carbocycles. The maximum Gasteiger partial charge on any atom is 0.328 e. The highest BCUT2D eigenvalue weighted by atomic mass is 35.5. The number of fused-ring (bicyclic) bond motifs is 1. The van der Waals surface area contributed by atoms with E-state index in [1.54, 1.807) is 61.5 Å². The van der Waals surface area contributed by atoms with Gasteiger partial charge in [0.15, 0.2) is 0 Å². The van der Waals surface area contributed by atoms with Crippen LogP contribution in [0.5, 0.6) is 0 Å². The van der Waals surface area contributed by atoms with E-state index in [2.05, 4.69) is 16.1 Å². The summed E-state index contributed by atoms with van der Waals surface area (Å²) in [6, 6.07) is 16.1. The highest BCUT2D eigenvalue weighted by Crippen LogP contribution is 2.30. The van der Waals surface area contributed by atoms with Crippen LogP contribution in [0.1, 0.15) is 16.1 Å². The number of nitrogens with zero attached hydrogens (tertiary/aromatic N) is 1. The van der Waals surface area contributed by atoms with Gasteiger partial charge >= 0.3 is 11.8 Å². The van der Waals surface area contributed by atoms with Crippen molar-refractivity contribution in [2.75, 3.05) is 16.1 Å². The Morgan fingerprint density at radius 1 is 0.771 bits per heavy atom. The zero-order valence-electron chi connectivity index (χ0n) is 18.0. The molecule has 0 aliphatic rings. The molecular formula is C24H16Cl4N4O3. The molecule has 178 valence electrons. The number of rotatable bonds is 4. The Kier molecular flexibility index (Phi) is 7.23. The molecule has 1 heterocycles. The monoisotopic (exact) mass is 548 g/mol. The third-order valence-electron chi connectivity index (χ3n) is 5.13. The van der Waals surface area contributed by atoms with E-state index in [4.69, 9.17) is 46.4 Å². The van der Waals surface area contributed by atoms with Gasteiger partial charge in [-0.05, 0) is 61.0 Å². The Morgan fingerprint density at radius 2 is 1.46 bits per heavy atom. The molecule has 1 aromatic heterocycles. The Bertz CT molecular complexity index is 1500. The summed E-state index contributed by atoms with van der Waals surface area (Å²) in [5, 5.41) is 6.99. The van der Waals surface area contributed by atoms with Crippen LogP contribution < -0.4 is 16.1 Å². The van der Waals surface area contributed by atoms with Crippen molar-refractivity contribution < 1.29 is 14.4 Å². The molecule has 7 nitrogen and oxygen atoms in total. The molecule has 0 saturated heterocycles. The second kappa shape index (κ2) is 10.2. The van der Waals surface area contributed by atoms with Gasteiger partial charge in [-0.2, -0.15) is 0 Å². The lowest BCUT2D eigenvalue weighted by atomic mass is 10.2. The van der Waals surface area contributed by atoms with Crippen molar-refractivity contribution in [3.63, 3.8) is 0 Å². The SMILES string of the molecule is Cc1c(Cl)cccc1NC(=O)c1cc2cc(Cl)ccc2n1NC(=O)C(=O)Nc1cccc(Cl)c1Cl. The number of anilines is 2. The van der Waals surface area contributed by atoms with Crippen LogP contribution in [0.15, 0.2) is 60.7 Å². The van der Waals surface area contributed by atoms with Crippen molar-refractivity contribution in [1.82, 2.24) is 4.68 Å². The smallest absolute Gasteiger partial charge is 0.320 e. The summed E-state index contributed by atoms with van der Waals surface area (Å²) >= 11 is 24.3. The average molecular weight is 550 g/mol. The lowest BCUT2D eigenvalue weighted by Gasteiger charge is -2.14. The molecule has 35 heavy (non-hydrogen) atoms. The van der Waals surface area contributed by atoms with Gasteiger partial charge in [0.2, 0.25) is 0 Å². The minimum Gasteiger partial charge on any atom is -0.320 e. The topological polar surface area (TPSA) is 92.2 Å². The van der Waals surface area contributed by atoms with Gasteiger partial charge in [-0.25, -0.2) is 4.68 Å². The number of hydrogen-bond acceptors (Lipinski definition) is 3. The highest BCUT2D eigenvalue weighted by molar-refractivity contribution is 6.46. The van der Waals surface area contributed by atoms with Crippen molar-refractivity contribution in [3.05, 3.63) is 92.0 Å². The average Bonchev–Trinajstić information content (AvgIpc) is 3.17. The van der Waals surface area contributed by atoms with Crippen LogP contribution in [0.4, 0.5) is 11.4 Å². The van der Waals surface area contributed by atoms with E-state index >= 15 is 0 Å². The summed E-state index contributed by atoms with van der Waals surface area (Å²) in [4.78, 5) is 38.5. The maximum atomic E-state index is 13.2. The van der Waals surface area contributed by atoms with Gasteiger partial charge in [-0.15, -0.1) is 0 Å². The Morgan fingerprint density at radius 3 is 2.20 bits per heavy atom. The van der Waals surface area contributed by atoms with Crippen LogP contribution in [0.2, 0.25) is 20.1 Å². The maximum absolute atomic E-state index is 13.2. The second-order valence-corrected chi connectivity index (χ2v) is 9.06. The molecule has 0 atom stereocenters. The van der Waals surface area contributed by atoms with Gasteiger partial charge in [-0.1, -0.05) is 58.5 Å². The first kappa shape index (κ1) is 24.9. The number of benzene rings is 3. The molecule has 3 aromatic carbocycles. The normalized spacial score (nSPS) is 10.8. The van der Waals surface area contributed by atoms with Crippen LogP contribution in [-0.2, 0) is 9.59 Å². The van der Waals surface area contributed by atoms with Gasteiger partial charge < -0.3 is 10.6 Å². The summed E-state index contributed by atoms with van der Waals surface area (Å²) < 4.78 is 1.21. The number of carbonyl (C=O) groups is 3. The minimum absolute atomic E-state index is 0.0589. The van der Waals surface area contributed by atoms with Gasteiger partial charge in [0.1, 0.15) is 5.69 Å². The van der Waals surface area contributed by atoms with E-state index in [1.807, 2.05) is 0 Å². The van der Waals surface area contributed by atoms with Gasteiger partial charge in [0.05, 0.1) is 21.2 Å². The number of amides is 3.